The molecule has 0 aliphatic carbocycles. The van der Waals surface area contributed by atoms with E-state index >= 15 is 0 Å². The van der Waals surface area contributed by atoms with E-state index in [9.17, 15) is 0 Å². The Morgan fingerprint density at radius 1 is 0.739 bits per heavy atom. The fraction of sp³-hybridized carbons (Fsp3) is 0.900. The summed E-state index contributed by atoms with van der Waals surface area (Å²) in [7, 11) is 0. The van der Waals surface area contributed by atoms with E-state index in [1.54, 1.807) is 0 Å². The summed E-state index contributed by atoms with van der Waals surface area (Å²) in [6, 6.07) is 0. The van der Waals surface area contributed by atoms with E-state index in [4.69, 9.17) is 21.1 Å². The molecule has 0 spiro atoms. The number of allylic oxidation sites excluding steroid dienone is 2. The standard InChI is InChI=1S/C20H39ClO2/c1-3-5-18-22-20(23-19-6-4-2)16-14-12-10-8-7-9-11-13-15-17-21/h11,13,20H,3-10,12,14-19H2,1-2H3/b13-11-. The van der Waals surface area contributed by atoms with E-state index in [-0.39, 0.29) is 6.29 Å². The number of halogens is 1. The summed E-state index contributed by atoms with van der Waals surface area (Å²) < 4.78 is 11.7. The molecule has 0 saturated carbocycles. The minimum absolute atomic E-state index is 0.0200. The van der Waals surface area contributed by atoms with Crippen molar-refractivity contribution in [3.63, 3.8) is 0 Å². The Morgan fingerprint density at radius 3 is 1.91 bits per heavy atom. The molecule has 138 valence electrons. The van der Waals surface area contributed by atoms with Gasteiger partial charge in [-0.2, -0.15) is 0 Å². The molecule has 0 atom stereocenters. The summed E-state index contributed by atoms with van der Waals surface area (Å²) in [4.78, 5) is 0. The molecule has 2 nitrogen and oxygen atoms in total. The molecule has 0 heterocycles. The van der Waals surface area contributed by atoms with Gasteiger partial charge in [0.25, 0.3) is 0 Å². The molecule has 0 radical (unpaired) electrons. The van der Waals surface area contributed by atoms with Crippen LogP contribution in [-0.2, 0) is 9.47 Å². The predicted molar refractivity (Wildman–Crippen MR) is 102 cm³/mol. The number of rotatable bonds is 18. The Labute approximate surface area is 150 Å². The van der Waals surface area contributed by atoms with Gasteiger partial charge in [0.15, 0.2) is 6.29 Å². The van der Waals surface area contributed by atoms with Gasteiger partial charge in [-0.1, -0.05) is 58.1 Å². The number of hydrogen-bond acceptors (Lipinski definition) is 2. The highest BCUT2D eigenvalue weighted by Crippen LogP contribution is 2.13. The van der Waals surface area contributed by atoms with Gasteiger partial charge < -0.3 is 9.47 Å². The van der Waals surface area contributed by atoms with Crippen molar-refractivity contribution in [1.29, 1.82) is 0 Å². The summed E-state index contributed by atoms with van der Waals surface area (Å²) in [6.07, 6.45) is 18.8. The summed E-state index contributed by atoms with van der Waals surface area (Å²) in [6.45, 7) is 6.06. The van der Waals surface area contributed by atoms with Gasteiger partial charge in [-0.25, -0.2) is 0 Å². The highest BCUT2D eigenvalue weighted by Gasteiger charge is 2.08. The minimum atomic E-state index is 0.0200. The van der Waals surface area contributed by atoms with Crippen molar-refractivity contribution in [2.24, 2.45) is 0 Å². The van der Waals surface area contributed by atoms with E-state index in [1.165, 1.54) is 51.4 Å². The Hall–Kier alpha value is -0.0500. The molecule has 0 saturated heterocycles. The zero-order valence-corrected chi connectivity index (χ0v) is 16.3. The van der Waals surface area contributed by atoms with Gasteiger partial charge in [0, 0.05) is 19.1 Å². The molecular weight excluding hydrogens is 308 g/mol. The predicted octanol–water partition coefficient (Wildman–Crippen LogP) is 6.86. The minimum Gasteiger partial charge on any atom is -0.353 e. The van der Waals surface area contributed by atoms with Crippen LogP contribution < -0.4 is 0 Å². The zero-order valence-electron chi connectivity index (χ0n) is 15.5. The smallest absolute Gasteiger partial charge is 0.157 e. The van der Waals surface area contributed by atoms with E-state index < -0.39 is 0 Å². The lowest BCUT2D eigenvalue weighted by Gasteiger charge is -2.18. The molecule has 23 heavy (non-hydrogen) atoms. The van der Waals surface area contributed by atoms with Crippen LogP contribution in [0.1, 0.15) is 90.9 Å². The van der Waals surface area contributed by atoms with Crippen LogP contribution in [0.15, 0.2) is 12.2 Å². The monoisotopic (exact) mass is 346 g/mol. The molecule has 0 aliphatic rings. The molecule has 3 heteroatoms. The highest BCUT2D eigenvalue weighted by molar-refractivity contribution is 6.17. The number of hydrogen-bond donors (Lipinski definition) is 0. The third-order valence-electron chi connectivity index (χ3n) is 3.86. The van der Waals surface area contributed by atoms with Gasteiger partial charge in [0.05, 0.1) is 0 Å². The second-order valence-electron chi connectivity index (χ2n) is 6.17. The van der Waals surface area contributed by atoms with E-state index in [2.05, 4.69) is 26.0 Å². The van der Waals surface area contributed by atoms with Crippen LogP contribution in [0, 0.1) is 0 Å². The Balaban J connectivity index is 3.55. The first kappa shape index (κ1) is 22.9. The average molecular weight is 347 g/mol. The third-order valence-corrected chi connectivity index (χ3v) is 4.07. The number of unbranched alkanes of at least 4 members (excludes halogenated alkanes) is 7. The maximum Gasteiger partial charge on any atom is 0.157 e. The SMILES string of the molecule is CCCCOC(CCCCCCC/C=C\CCCl)OCCCC. The van der Waals surface area contributed by atoms with Crippen molar-refractivity contribution in [2.75, 3.05) is 19.1 Å². The lowest BCUT2D eigenvalue weighted by molar-refractivity contribution is -0.147. The van der Waals surface area contributed by atoms with Gasteiger partial charge in [-0.3, -0.25) is 0 Å². The molecule has 0 fully saturated rings. The summed E-state index contributed by atoms with van der Waals surface area (Å²) in [5.74, 6) is 0.734. The van der Waals surface area contributed by atoms with Gasteiger partial charge in [-0.05, 0) is 44.9 Å². The lowest BCUT2D eigenvalue weighted by atomic mass is 10.1. The van der Waals surface area contributed by atoms with Gasteiger partial charge >= 0.3 is 0 Å². The van der Waals surface area contributed by atoms with Crippen molar-refractivity contribution < 1.29 is 9.47 Å². The van der Waals surface area contributed by atoms with Crippen LogP contribution in [0.4, 0.5) is 0 Å². The largest absolute Gasteiger partial charge is 0.353 e. The van der Waals surface area contributed by atoms with Crippen molar-refractivity contribution in [3.05, 3.63) is 12.2 Å². The fourth-order valence-electron chi connectivity index (χ4n) is 2.34. The van der Waals surface area contributed by atoms with Crippen LogP contribution in [0.5, 0.6) is 0 Å². The normalized spacial score (nSPS) is 11.8. The van der Waals surface area contributed by atoms with Crippen LogP contribution in [0.3, 0.4) is 0 Å². The van der Waals surface area contributed by atoms with E-state index in [0.29, 0.717) is 0 Å². The van der Waals surface area contributed by atoms with E-state index in [0.717, 1.165) is 44.8 Å². The molecule has 0 rings (SSSR count). The third kappa shape index (κ3) is 18.1. The summed E-state index contributed by atoms with van der Waals surface area (Å²) >= 11 is 5.63. The molecule has 0 aliphatic heterocycles. The van der Waals surface area contributed by atoms with Gasteiger partial charge in [-0.15, -0.1) is 11.6 Å². The maximum atomic E-state index is 5.87. The first-order chi connectivity index (χ1) is 11.3. The molecule has 0 aromatic carbocycles. The Bertz CT molecular complexity index is 234. The lowest BCUT2D eigenvalue weighted by Crippen LogP contribution is -2.18. The molecular formula is C20H39ClO2. The first-order valence-electron chi connectivity index (χ1n) is 9.79. The molecule has 0 amide bonds. The van der Waals surface area contributed by atoms with Crippen molar-refractivity contribution >= 4 is 11.6 Å². The highest BCUT2D eigenvalue weighted by atomic mass is 35.5. The Kier molecular flexibility index (Phi) is 20.0. The van der Waals surface area contributed by atoms with Crippen molar-refractivity contribution in [1.82, 2.24) is 0 Å². The first-order valence-corrected chi connectivity index (χ1v) is 10.3. The van der Waals surface area contributed by atoms with Gasteiger partial charge in [0.2, 0.25) is 0 Å². The molecule has 0 aromatic rings. The molecule has 0 N–H and O–H groups in total. The average Bonchev–Trinajstić information content (AvgIpc) is 2.56. The van der Waals surface area contributed by atoms with Crippen LogP contribution in [0.2, 0.25) is 0 Å². The van der Waals surface area contributed by atoms with Crippen molar-refractivity contribution in [3.8, 4) is 0 Å². The summed E-state index contributed by atoms with van der Waals surface area (Å²) in [5, 5.41) is 0. The van der Waals surface area contributed by atoms with Gasteiger partial charge in [0.1, 0.15) is 0 Å². The molecule has 0 aromatic heterocycles. The number of ether oxygens (including phenoxy) is 2. The second-order valence-corrected chi connectivity index (χ2v) is 6.55. The zero-order chi connectivity index (χ0) is 17.0. The summed E-state index contributed by atoms with van der Waals surface area (Å²) in [5.41, 5.74) is 0. The fourth-order valence-corrected chi connectivity index (χ4v) is 2.46. The van der Waals surface area contributed by atoms with E-state index in [1.807, 2.05) is 0 Å². The number of alkyl halides is 1. The van der Waals surface area contributed by atoms with Crippen LogP contribution in [0.25, 0.3) is 0 Å². The quantitative estimate of drug-likeness (QED) is 0.117. The van der Waals surface area contributed by atoms with Crippen LogP contribution in [-0.4, -0.2) is 25.4 Å². The van der Waals surface area contributed by atoms with Crippen LogP contribution >= 0.6 is 11.6 Å². The maximum absolute atomic E-state index is 5.87. The second kappa shape index (κ2) is 20.0. The topological polar surface area (TPSA) is 18.5 Å². The molecule has 0 bridgehead atoms. The van der Waals surface area contributed by atoms with Crippen molar-refractivity contribution in [2.45, 2.75) is 97.2 Å². The Morgan fingerprint density at radius 2 is 1.30 bits per heavy atom. The molecule has 0 unspecified atom stereocenters.